The Morgan fingerprint density at radius 1 is 0.951 bits per heavy atom. The predicted octanol–water partition coefficient (Wildman–Crippen LogP) is 3.17. The van der Waals surface area contributed by atoms with Gasteiger partial charge in [-0.1, -0.05) is 18.2 Å². The summed E-state index contributed by atoms with van der Waals surface area (Å²) in [5.41, 5.74) is 2.93. The Balaban J connectivity index is 1.50. The van der Waals surface area contributed by atoms with Gasteiger partial charge in [0.1, 0.15) is 10.7 Å². The monoisotopic (exact) mass is 574 g/mol. The molecule has 2 saturated heterocycles. The van der Waals surface area contributed by atoms with E-state index in [4.69, 9.17) is 4.74 Å². The molecule has 4 heterocycles. The molecule has 2 aromatic carbocycles. The summed E-state index contributed by atoms with van der Waals surface area (Å²) in [7, 11) is -3.98. The summed E-state index contributed by atoms with van der Waals surface area (Å²) >= 11 is 0. The van der Waals surface area contributed by atoms with Crippen molar-refractivity contribution in [2.24, 2.45) is 0 Å². The summed E-state index contributed by atoms with van der Waals surface area (Å²) in [6.45, 7) is 4.53. The zero-order valence-electron chi connectivity index (χ0n) is 22.3. The zero-order chi connectivity index (χ0) is 28.4. The number of para-hydroxylation sites is 1. The van der Waals surface area contributed by atoms with Crippen molar-refractivity contribution in [2.75, 3.05) is 62.7 Å². The Bertz CT molecular complexity index is 1700. The topological polar surface area (TPSA) is 137 Å². The Morgan fingerprint density at radius 3 is 2.49 bits per heavy atom. The number of hydrogen-bond donors (Lipinski definition) is 3. The molecule has 12 heteroatoms. The van der Waals surface area contributed by atoms with E-state index in [1.165, 1.54) is 16.6 Å². The first-order valence-corrected chi connectivity index (χ1v) is 14.9. The average molecular weight is 575 g/mol. The number of ether oxygens (including phenoxy) is 1. The Hall–Kier alpha value is -4.10. The summed E-state index contributed by atoms with van der Waals surface area (Å²) < 4.78 is 34.5. The Kier molecular flexibility index (Phi) is 7.54. The lowest BCUT2D eigenvalue weighted by molar-refractivity contribution is 0.0698. The number of fused-ring (bicyclic) bond motifs is 1. The molecular formula is C29H30N6O5S. The van der Waals surface area contributed by atoms with Gasteiger partial charge in [-0.15, -0.1) is 0 Å². The lowest BCUT2D eigenvalue weighted by atomic mass is 10.0. The second kappa shape index (κ2) is 11.4. The van der Waals surface area contributed by atoms with Crippen LogP contribution in [-0.4, -0.2) is 86.2 Å². The third-order valence-corrected chi connectivity index (χ3v) is 9.27. The van der Waals surface area contributed by atoms with E-state index in [0.29, 0.717) is 24.1 Å². The summed E-state index contributed by atoms with van der Waals surface area (Å²) in [6, 6.07) is 16.0. The molecule has 0 unspecified atom stereocenters. The van der Waals surface area contributed by atoms with Crippen molar-refractivity contribution < 1.29 is 23.1 Å². The number of rotatable bonds is 7. The Morgan fingerprint density at radius 2 is 1.71 bits per heavy atom. The van der Waals surface area contributed by atoms with Crippen molar-refractivity contribution in [2.45, 2.75) is 4.90 Å². The standard InChI is InChI=1S/C29H30N6O5S/c36-29(37)22-3-1-2-4-25(22)33-28-23-17-20(21-7-8-31-27(18-21)34-11-9-30-10-12-34)5-6-24(23)32-19-26(28)41(38,39)35-13-15-40-16-14-35/h1-8,17-19,30H,9-16H2,(H,32,33)(H,36,37). The lowest BCUT2D eigenvalue weighted by Crippen LogP contribution is -2.43. The van der Waals surface area contributed by atoms with Crippen molar-refractivity contribution in [3.8, 4) is 11.1 Å². The van der Waals surface area contributed by atoms with Crippen LogP contribution in [-0.2, 0) is 14.8 Å². The van der Waals surface area contributed by atoms with Gasteiger partial charge in [0.2, 0.25) is 10.0 Å². The van der Waals surface area contributed by atoms with Crippen LogP contribution >= 0.6 is 0 Å². The first-order chi connectivity index (χ1) is 19.9. The lowest BCUT2D eigenvalue weighted by Gasteiger charge is -2.28. The summed E-state index contributed by atoms with van der Waals surface area (Å²) in [4.78, 5) is 23.3. The van der Waals surface area contributed by atoms with E-state index in [0.717, 1.165) is 43.1 Å². The predicted molar refractivity (Wildman–Crippen MR) is 156 cm³/mol. The second-order valence-corrected chi connectivity index (χ2v) is 11.8. The van der Waals surface area contributed by atoms with Crippen molar-refractivity contribution in [1.82, 2.24) is 19.6 Å². The van der Waals surface area contributed by atoms with Crippen molar-refractivity contribution >= 4 is 44.1 Å². The van der Waals surface area contributed by atoms with Crippen LogP contribution in [0.4, 0.5) is 17.2 Å². The van der Waals surface area contributed by atoms with Gasteiger partial charge in [0.15, 0.2) is 0 Å². The molecule has 0 saturated carbocycles. The van der Waals surface area contributed by atoms with Gasteiger partial charge in [0.05, 0.1) is 35.7 Å². The number of hydrogen-bond acceptors (Lipinski definition) is 9. The van der Waals surface area contributed by atoms with E-state index in [2.05, 4.69) is 25.5 Å². The number of aromatic carboxylic acids is 1. The first kappa shape index (κ1) is 27.1. The molecule has 2 aliphatic rings. The molecule has 0 aliphatic carbocycles. The maximum Gasteiger partial charge on any atom is 0.337 e. The fraction of sp³-hybridized carbons (Fsp3) is 0.276. The van der Waals surface area contributed by atoms with Gasteiger partial charge >= 0.3 is 5.97 Å². The number of benzene rings is 2. The molecule has 4 aromatic rings. The van der Waals surface area contributed by atoms with Gasteiger partial charge in [-0.2, -0.15) is 4.31 Å². The van der Waals surface area contributed by atoms with Crippen LogP contribution in [0.15, 0.2) is 71.9 Å². The number of aromatic nitrogens is 2. The maximum atomic E-state index is 13.9. The quantitative estimate of drug-likeness (QED) is 0.302. The van der Waals surface area contributed by atoms with Gasteiger partial charge in [-0.05, 0) is 47.5 Å². The Labute approximate surface area is 237 Å². The van der Waals surface area contributed by atoms with E-state index in [9.17, 15) is 18.3 Å². The number of nitrogens with one attached hydrogen (secondary N) is 2. The molecule has 0 amide bonds. The van der Waals surface area contributed by atoms with E-state index in [-0.39, 0.29) is 34.9 Å². The molecule has 0 spiro atoms. The van der Waals surface area contributed by atoms with E-state index < -0.39 is 16.0 Å². The van der Waals surface area contributed by atoms with Crippen LogP contribution in [0.5, 0.6) is 0 Å². The number of morpholine rings is 1. The third kappa shape index (κ3) is 5.46. The number of anilines is 3. The van der Waals surface area contributed by atoms with Gasteiger partial charge in [0, 0.05) is 57.0 Å². The summed E-state index contributed by atoms with van der Waals surface area (Å²) in [6.07, 6.45) is 3.12. The van der Waals surface area contributed by atoms with Crippen molar-refractivity contribution in [3.05, 3.63) is 72.6 Å². The molecule has 212 valence electrons. The third-order valence-electron chi connectivity index (χ3n) is 7.36. The van der Waals surface area contributed by atoms with Crippen LogP contribution in [0.2, 0.25) is 0 Å². The minimum atomic E-state index is -3.98. The number of pyridine rings is 2. The van der Waals surface area contributed by atoms with E-state index in [1.807, 2.05) is 30.3 Å². The molecule has 3 N–H and O–H groups in total. The van der Waals surface area contributed by atoms with Crippen LogP contribution in [0.3, 0.4) is 0 Å². The average Bonchev–Trinajstić information content (AvgIpc) is 3.02. The number of carboxylic acids is 1. The largest absolute Gasteiger partial charge is 0.478 e. The van der Waals surface area contributed by atoms with Gasteiger partial charge in [-0.3, -0.25) is 4.98 Å². The van der Waals surface area contributed by atoms with Crippen LogP contribution < -0.4 is 15.5 Å². The molecular weight excluding hydrogens is 544 g/mol. The number of sulfonamides is 1. The molecule has 6 rings (SSSR count). The first-order valence-electron chi connectivity index (χ1n) is 13.4. The molecule has 11 nitrogen and oxygen atoms in total. The second-order valence-electron chi connectivity index (χ2n) is 9.86. The van der Waals surface area contributed by atoms with Crippen LogP contribution in [0.25, 0.3) is 22.0 Å². The molecule has 2 aromatic heterocycles. The highest BCUT2D eigenvalue weighted by molar-refractivity contribution is 7.89. The van der Waals surface area contributed by atoms with Gasteiger partial charge in [0.25, 0.3) is 0 Å². The molecule has 0 bridgehead atoms. The summed E-state index contributed by atoms with van der Waals surface area (Å²) in [5.74, 6) is -0.249. The van der Waals surface area contributed by atoms with Gasteiger partial charge in [-0.25, -0.2) is 18.2 Å². The van der Waals surface area contributed by atoms with E-state index >= 15 is 0 Å². The van der Waals surface area contributed by atoms with Crippen molar-refractivity contribution in [3.63, 3.8) is 0 Å². The van der Waals surface area contributed by atoms with Crippen molar-refractivity contribution in [1.29, 1.82) is 0 Å². The highest BCUT2D eigenvalue weighted by atomic mass is 32.2. The SMILES string of the molecule is O=C(O)c1ccccc1Nc1c(S(=O)(=O)N2CCOCC2)cnc2ccc(-c3ccnc(N4CCNCC4)c3)cc12. The number of carbonyl (C=O) groups is 1. The van der Waals surface area contributed by atoms with E-state index in [1.54, 1.807) is 24.4 Å². The van der Waals surface area contributed by atoms with Crippen LogP contribution in [0.1, 0.15) is 10.4 Å². The molecule has 0 radical (unpaired) electrons. The minimum absolute atomic E-state index is 0.0261. The normalized spacial score (nSPS) is 16.5. The smallest absolute Gasteiger partial charge is 0.337 e. The molecule has 41 heavy (non-hydrogen) atoms. The van der Waals surface area contributed by atoms with Crippen LogP contribution in [0, 0.1) is 0 Å². The highest BCUT2D eigenvalue weighted by Gasteiger charge is 2.30. The highest BCUT2D eigenvalue weighted by Crippen LogP contribution is 2.37. The summed E-state index contributed by atoms with van der Waals surface area (Å²) in [5, 5.41) is 16.9. The maximum absolute atomic E-state index is 13.9. The fourth-order valence-electron chi connectivity index (χ4n) is 5.18. The van der Waals surface area contributed by atoms with Gasteiger partial charge < -0.3 is 25.4 Å². The number of piperazine rings is 1. The fourth-order valence-corrected chi connectivity index (χ4v) is 6.70. The molecule has 0 atom stereocenters. The number of carboxylic acid groups (broad SMARTS) is 1. The minimum Gasteiger partial charge on any atom is -0.478 e. The molecule has 2 fully saturated rings. The molecule has 2 aliphatic heterocycles. The number of nitrogens with zero attached hydrogens (tertiary/aromatic N) is 4. The zero-order valence-corrected chi connectivity index (χ0v) is 23.1.